The predicted molar refractivity (Wildman–Crippen MR) is 27.5 cm³/mol. The van der Waals surface area contributed by atoms with E-state index >= 15 is 0 Å². The first kappa shape index (κ1) is 6.79. The van der Waals surface area contributed by atoms with Gasteiger partial charge in [0.2, 0.25) is 0 Å². The van der Waals surface area contributed by atoms with Crippen LogP contribution < -0.4 is 11.2 Å². The summed E-state index contributed by atoms with van der Waals surface area (Å²) in [6.07, 6.45) is 3.88. The first-order valence-electron chi connectivity index (χ1n) is 1.90. The molecule has 0 aromatic rings. The van der Waals surface area contributed by atoms with E-state index < -0.39 is 6.09 Å². The van der Waals surface area contributed by atoms with Crippen LogP contribution in [0.1, 0.15) is 0 Å². The van der Waals surface area contributed by atoms with Gasteiger partial charge in [0.25, 0.3) is 0 Å². The Labute approximate surface area is 47.0 Å². The topological polar surface area (TPSA) is 64.3 Å². The molecule has 0 aliphatic heterocycles. The number of carbonyl (C=O) groups is 1. The molecule has 0 aromatic heterocycles. The van der Waals surface area contributed by atoms with Gasteiger partial charge in [-0.25, -0.2) is 4.79 Å². The minimum absolute atomic E-state index is 0.170. The molecule has 44 valence electrons. The van der Waals surface area contributed by atoms with Gasteiger partial charge in [0.15, 0.2) is 0 Å². The fraction of sp³-hybridized carbons (Fsp3) is 0.250. The molecule has 4 heteroatoms. The SMILES string of the molecule is C#CCNOC(N)=O. The number of hydrogen-bond acceptors (Lipinski definition) is 3. The fourth-order valence-electron chi connectivity index (χ4n) is 0.149. The minimum atomic E-state index is -0.889. The molecule has 0 aromatic carbocycles. The fourth-order valence-corrected chi connectivity index (χ4v) is 0.149. The first-order valence-corrected chi connectivity index (χ1v) is 1.90. The van der Waals surface area contributed by atoms with Crippen molar-refractivity contribution < 1.29 is 9.63 Å². The molecule has 0 bridgehead atoms. The molecule has 0 unspecified atom stereocenters. The third-order valence-corrected chi connectivity index (χ3v) is 0.347. The van der Waals surface area contributed by atoms with Gasteiger partial charge in [-0.05, 0) is 0 Å². The van der Waals surface area contributed by atoms with Crippen molar-refractivity contribution in [2.24, 2.45) is 5.73 Å². The van der Waals surface area contributed by atoms with Crippen molar-refractivity contribution in [2.45, 2.75) is 0 Å². The Hall–Kier alpha value is -1.21. The summed E-state index contributed by atoms with van der Waals surface area (Å²) in [5.74, 6) is 2.18. The lowest BCUT2D eigenvalue weighted by Gasteiger charge is -1.94. The van der Waals surface area contributed by atoms with Crippen LogP contribution in [0.15, 0.2) is 0 Å². The average molecular weight is 114 g/mol. The summed E-state index contributed by atoms with van der Waals surface area (Å²) in [7, 11) is 0. The molecule has 0 saturated carbocycles. The molecule has 0 aliphatic rings. The van der Waals surface area contributed by atoms with Gasteiger partial charge in [-0.15, -0.1) is 11.9 Å². The highest BCUT2D eigenvalue weighted by Crippen LogP contribution is 1.61. The molecule has 3 N–H and O–H groups in total. The second-order valence-corrected chi connectivity index (χ2v) is 0.946. The minimum Gasteiger partial charge on any atom is -0.353 e. The monoisotopic (exact) mass is 114 g/mol. The highest BCUT2D eigenvalue weighted by atomic mass is 16.7. The van der Waals surface area contributed by atoms with E-state index in [1.165, 1.54) is 0 Å². The Kier molecular flexibility index (Phi) is 3.36. The molecule has 0 aliphatic carbocycles. The van der Waals surface area contributed by atoms with E-state index in [9.17, 15) is 4.79 Å². The van der Waals surface area contributed by atoms with E-state index in [2.05, 4.69) is 22.0 Å². The molecule has 0 atom stereocenters. The highest BCUT2D eigenvalue weighted by molar-refractivity contribution is 5.64. The Morgan fingerprint density at radius 3 is 3.00 bits per heavy atom. The second kappa shape index (κ2) is 3.96. The molecular formula is C4H6N2O2. The Morgan fingerprint density at radius 1 is 2.00 bits per heavy atom. The van der Waals surface area contributed by atoms with Crippen molar-refractivity contribution >= 4 is 6.09 Å². The lowest BCUT2D eigenvalue weighted by atomic mass is 10.7. The first-order chi connectivity index (χ1) is 3.77. The lowest BCUT2D eigenvalue weighted by Crippen LogP contribution is -2.24. The molecule has 4 nitrogen and oxygen atoms in total. The summed E-state index contributed by atoms with van der Waals surface area (Å²) in [6.45, 7) is 0.170. The van der Waals surface area contributed by atoms with Crippen LogP contribution >= 0.6 is 0 Å². The van der Waals surface area contributed by atoms with E-state index in [0.29, 0.717) is 0 Å². The number of primary amides is 1. The number of nitrogens with one attached hydrogen (secondary N) is 1. The summed E-state index contributed by atoms with van der Waals surface area (Å²) in [5, 5.41) is 0. The summed E-state index contributed by atoms with van der Waals surface area (Å²) >= 11 is 0. The number of terminal acetylenes is 1. The number of amides is 1. The second-order valence-electron chi connectivity index (χ2n) is 0.946. The zero-order chi connectivity index (χ0) is 6.41. The molecular weight excluding hydrogens is 108 g/mol. The molecule has 8 heavy (non-hydrogen) atoms. The molecule has 0 spiro atoms. The third kappa shape index (κ3) is 4.79. The molecule has 0 fully saturated rings. The molecule has 0 saturated heterocycles. The van der Waals surface area contributed by atoms with Crippen LogP contribution in [-0.2, 0) is 4.84 Å². The van der Waals surface area contributed by atoms with Gasteiger partial charge in [0.1, 0.15) is 0 Å². The molecule has 0 radical (unpaired) electrons. The van der Waals surface area contributed by atoms with Crippen molar-refractivity contribution in [1.29, 1.82) is 0 Å². The van der Waals surface area contributed by atoms with Gasteiger partial charge >= 0.3 is 6.09 Å². The summed E-state index contributed by atoms with van der Waals surface area (Å²) in [4.78, 5) is 13.8. The number of rotatable bonds is 2. The zero-order valence-corrected chi connectivity index (χ0v) is 4.18. The van der Waals surface area contributed by atoms with Crippen LogP contribution in [0.2, 0.25) is 0 Å². The predicted octanol–water partition coefficient (Wildman–Crippen LogP) is -0.780. The molecule has 0 heterocycles. The largest absolute Gasteiger partial charge is 0.423 e. The van der Waals surface area contributed by atoms with Crippen LogP contribution in [0.3, 0.4) is 0 Å². The van der Waals surface area contributed by atoms with E-state index in [-0.39, 0.29) is 6.54 Å². The highest BCUT2D eigenvalue weighted by Gasteiger charge is 1.86. The van der Waals surface area contributed by atoms with Gasteiger partial charge in [-0.1, -0.05) is 5.92 Å². The van der Waals surface area contributed by atoms with Crippen LogP contribution in [-0.4, -0.2) is 12.6 Å². The normalized spacial score (nSPS) is 7.38. The zero-order valence-electron chi connectivity index (χ0n) is 4.18. The average Bonchev–Trinajstić information content (AvgIpc) is 1.66. The van der Waals surface area contributed by atoms with Gasteiger partial charge in [-0.3, -0.25) is 0 Å². The third-order valence-electron chi connectivity index (χ3n) is 0.347. The maximum absolute atomic E-state index is 9.74. The van der Waals surface area contributed by atoms with Gasteiger partial charge in [0.05, 0.1) is 6.54 Å². The number of nitrogens with two attached hydrogens (primary N) is 1. The van der Waals surface area contributed by atoms with Crippen molar-refractivity contribution in [3.05, 3.63) is 0 Å². The van der Waals surface area contributed by atoms with Crippen LogP contribution in [0.4, 0.5) is 4.79 Å². The van der Waals surface area contributed by atoms with Gasteiger partial charge in [0, 0.05) is 0 Å². The van der Waals surface area contributed by atoms with E-state index in [0.717, 1.165) is 0 Å². The van der Waals surface area contributed by atoms with E-state index in [4.69, 9.17) is 6.42 Å². The van der Waals surface area contributed by atoms with Crippen molar-refractivity contribution in [1.82, 2.24) is 5.48 Å². The Morgan fingerprint density at radius 2 is 2.62 bits per heavy atom. The number of carbonyl (C=O) groups excluding carboxylic acids is 1. The van der Waals surface area contributed by atoms with Crippen molar-refractivity contribution in [3.8, 4) is 12.3 Å². The smallest absolute Gasteiger partial charge is 0.353 e. The standard InChI is InChI=1S/C4H6N2O2/c1-2-3-6-8-4(5)7/h1,6H,3H2,(H2,5,7). The van der Waals surface area contributed by atoms with Crippen LogP contribution in [0.5, 0.6) is 0 Å². The number of hydrogen-bond donors (Lipinski definition) is 2. The Bertz CT molecular complexity index is 116. The maximum Gasteiger partial charge on any atom is 0.423 e. The maximum atomic E-state index is 9.74. The quantitative estimate of drug-likeness (QED) is 0.281. The molecule has 0 rings (SSSR count). The van der Waals surface area contributed by atoms with Crippen LogP contribution in [0, 0.1) is 12.3 Å². The molecule has 1 amide bonds. The van der Waals surface area contributed by atoms with Crippen LogP contribution in [0.25, 0.3) is 0 Å². The van der Waals surface area contributed by atoms with Crippen molar-refractivity contribution in [2.75, 3.05) is 6.54 Å². The lowest BCUT2D eigenvalue weighted by molar-refractivity contribution is 0.106. The van der Waals surface area contributed by atoms with Gasteiger partial charge < -0.3 is 10.6 Å². The van der Waals surface area contributed by atoms with Gasteiger partial charge in [-0.2, -0.15) is 0 Å². The number of hydroxylamine groups is 1. The summed E-state index contributed by atoms with van der Waals surface area (Å²) in [5.41, 5.74) is 6.66. The van der Waals surface area contributed by atoms with Crippen molar-refractivity contribution in [3.63, 3.8) is 0 Å². The van der Waals surface area contributed by atoms with E-state index in [1.807, 2.05) is 0 Å². The Balaban J connectivity index is 2.97. The van der Waals surface area contributed by atoms with E-state index in [1.54, 1.807) is 0 Å². The summed E-state index contributed by atoms with van der Waals surface area (Å²) in [6, 6.07) is 0. The summed E-state index contributed by atoms with van der Waals surface area (Å²) < 4.78 is 0.